The smallest absolute Gasteiger partial charge is 0.127 e. The van der Waals surface area contributed by atoms with Crippen LogP contribution in [0, 0.1) is 5.92 Å². The Morgan fingerprint density at radius 3 is 2.84 bits per heavy atom. The van der Waals surface area contributed by atoms with Crippen molar-refractivity contribution in [3.8, 4) is 0 Å². The van der Waals surface area contributed by atoms with Gasteiger partial charge in [0.15, 0.2) is 0 Å². The standard InChI is InChI=1S/C15H19N3S/c1-3-10(2)9-17-14-8-12(15(16)19)11-6-4-5-7-13(11)18-14/h4-8,10H,3,9H2,1-2H3,(H2,16,19)(H,17,18). The lowest BCUT2D eigenvalue weighted by Gasteiger charge is -2.13. The summed E-state index contributed by atoms with van der Waals surface area (Å²) in [6, 6.07) is 9.85. The van der Waals surface area contributed by atoms with Crippen molar-refractivity contribution in [2.75, 3.05) is 11.9 Å². The SMILES string of the molecule is CCC(C)CNc1cc(C(N)=S)c2ccccc2n1. The Morgan fingerprint density at radius 1 is 1.42 bits per heavy atom. The fourth-order valence-corrected chi connectivity index (χ4v) is 2.06. The van der Waals surface area contributed by atoms with Crippen LogP contribution in [0.15, 0.2) is 30.3 Å². The third-order valence-electron chi connectivity index (χ3n) is 3.31. The highest BCUT2D eigenvalue weighted by Gasteiger charge is 2.08. The lowest BCUT2D eigenvalue weighted by atomic mass is 10.1. The molecule has 0 saturated heterocycles. The molecule has 100 valence electrons. The molecule has 1 aromatic carbocycles. The molecular formula is C15H19N3S. The summed E-state index contributed by atoms with van der Waals surface area (Å²) < 4.78 is 0. The zero-order valence-electron chi connectivity index (χ0n) is 11.3. The molecule has 19 heavy (non-hydrogen) atoms. The first kappa shape index (κ1) is 13.7. The molecule has 0 amide bonds. The first-order chi connectivity index (χ1) is 9.11. The van der Waals surface area contributed by atoms with Gasteiger partial charge in [-0.2, -0.15) is 0 Å². The van der Waals surface area contributed by atoms with E-state index in [0.29, 0.717) is 10.9 Å². The van der Waals surface area contributed by atoms with Crippen LogP contribution < -0.4 is 11.1 Å². The lowest BCUT2D eigenvalue weighted by Crippen LogP contribution is -2.14. The van der Waals surface area contributed by atoms with Gasteiger partial charge in [0.1, 0.15) is 10.8 Å². The van der Waals surface area contributed by atoms with Crippen molar-refractivity contribution in [3.05, 3.63) is 35.9 Å². The second-order valence-electron chi connectivity index (χ2n) is 4.83. The van der Waals surface area contributed by atoms with Crippen LogP contribution >= 0.6 is 12.2 Å². The van der Waals surface area contributed by atoms with Crippen molar-refractivity contribution in [3.63, 3.8) is 0 Å². The molecule has 0 bridgehead atoms. The van der Waals surface area contributed by atoms with Crippen molar-refractivity contribution < 1.29 is 0 Å². The fraction of sp³-hybridized carbons (Fsp3) is 0.333. The number of nitrogens with one attached hydrogen (secondary N) is 1. The lowest BCUT2D eigenvalue weighted by molar-refractivity contribution is 0.592. The molecule has 0 saturated carbocycles. The monoisotopic (exact) mass is 273 g/mol. The molecule has 1 atom stereocenters. The number of hydrogen-bond acceptors (Lipinski definition) is 3. The number of pyridine rings is 1. The molecule has 2 rings (SSSR count). The molecule has 3 N–H and O–H groups in total. The van der Waals surface area contributed by atoms with Crippen LogP contribution in [0.3, 0.4) is 0 Å². The Bertz CT molecular complexity index is 595. The van der Waals surface area contributed by atoms with Gasteiger partial charge in [-0.15, -0.1) is 0 Å². The maximum atomic E-state index is 5.81. The minimum absolute atomic E-state index is 0.408. The van der Waals surface area contributed by atoms with E-state index in [0.717, 1.165) is 35.2 Å². The normalized spacial score (nSPS) is 12.3. The summed E-state index contributed by atoms with van der Waals surface area (Å²) in [7, 11) is 0. The molecule has 1 unspecified atom stereocenters. The topological polar surface area (TPSA) is 50.9 Å². The maximum Gasteiger partial charge on any atom is 0.127 e. The number of anilines is 1. The number of nitrogens with two attached hydrogens (primary N) is 1. The van der Waals surface area contributed by atoms with Gasteiger partial charge in [-0.05, 0) is 18.1 Å². The molecule has 3 nitrogen and oxygen atoms in total. The maximum absolute atomic E-state index is 5.81. The van der Waals surface area contributed by atoms with E-state index in [1.807, 2.05) is 30.3 Å². The van der Waals surface area contributed by atoms with E-state index in [-0.39, 0.29) is 0 Å². The van der Waals surface area contributed by atoms with Crippen LogP contribution in [0.25, 0.3) is 10.9 Å². The average molecular weight is 273 g/mol. The Balaban J connectivity index is 2.38. The Morgan fingerprint density at radius 2 is 2.16 bits per heavy atom. The highest BCUT2D eigenvalue weighted by atomic mass is 32.1. The van der Waals surface area contributed by atoms with Gasteiger partial charge in [-0.25, -0.2) is 4.98 Å². The highest BCUT2D eigenvalue weighted by Crippen LogP contribution is 2.21. The predicted octanol–water partition coefficient (Wildman–Crippen LogP) is 3.33. The molecule has 2 aromatic rings. The van der Waals surface area contributed by atoms with Crippen LogP contribution in [0.5, 0.6) is 0 Å². The number of para-hydroxylation sites is 1. The van der Waals surface area contributed by atoms with Gasteiger partial charge in [-0.3, -0.25) is 0 Å². The zero-order chi connectivity index (χ0) is 13.8. The van der Waals surface area contributed by atoms with E-state index in [2.05, 4.69) is 24.1 Å². The first-order valence-corrected chi connectivity index (χ1v) is 6.96. The number of rotatable bonds is 5. The Labute approximate surface area is 119 Å². The molecule has 0 radical (unpaired) electrons. The summed E-state index contributed by atoms with van der Waals surface area (Å²) in [5, 5.41) is 4.36. The van der Waals surface area contributed by atoms with E-state index < -0.39 is 0 Å². The van der Waals surface area contributed by atoms with Gasteiger partial charge < -0.3 is 11.1 Å². The van der Waals surface area contributed by atoms with Gasteiger partial charge in [0, 0.05) is 17.5 Å². The summed E-state index contributed by atoms with van der Waals surface area (Å²) >= 11 is 5.13. The zero-order valence-corrected chi connectivity index (χ0v) is 12.1. The summed E-state index contributed by atoms with van der Waals surface area (Å²) in [5.41, 5.74) is 7.60. The van der Waals surface area contributed by atoms with Gasteiger partial charge >= 0.3 is 0 Å². The predicted molar refractivity (Wildman–Crippen MR) is 85.6 cm³/mol. The number of nitrogens with zero attached hydrogens (tertiary/aromatic N) is 1. The fourth-order valence-electron chi connectivity index (χ4n) is 1.89. The van der Waals surface area contributed by atoms with Gasteiger partial charge in [0.2, 0.25) is 0 Å². The largest absolute Gasteiger partial charge is 0.389 e. The molecular weight excluding hydrogens is 254 g/mol. The van der Waals surface area contributed by atoms with Crippen molar-refractivity contribution in [1.29, 1.82) is 0 Å². The molecule has 0 fully saturated rings. The molecule has 0 aliphatic carbocycles. The van der Waals surface area contributed by atoms with Gasteiger partial charge in [0.25, 0.3) is 0 Å². The molecule has 1 aromatic heterocycles. The van der Waals surface area contributed by atoms with E-state index in [4.69, 9.17) is 18.0 Å². The van der Waals surface area contributed by atoms with Gasteiger partial charge in [0.05, 0.1) is 5.52 Å². The molecule has 1 heterocycles. The minimum Gasteiger partial charge on any atom is -0.389 e. The minimum atomic E-state index is 0.408. The van der Waals surface area contributed by atoms with E-state index in [1.165, 1.54) is 0 Å². The van der Waals surface area contributed by atoms with E-state index in [9.17, 15) is 0 Å². The second kappa shape index (κ2) is 5.97. The number of hydrogen-bond donors (Lipinski definition) is 2. The van der Waals surface area contributed by atoms with Gasteiger partial charge in [-0.1, -0.05) is 50.7 Å². The number of aromatic nitrogens is 1. The molecule has 0 aliphatic heterocycles. The van der Waals surface area contributed by atoms with E-state index >= 15 is 0 Å². The third-order valence-corrected chi connectivity index (χ3v) is 3.53. The highest BCUT2D eigenvalue weighted by molar-refractivity contribution is 7.80. The quantitative estimate of drug-likeness (QED) is 0.820. The first-order valence-electron chi connectivity index (χ1n) is 6.55. The van der Waals surface area contributed by atoms with Crippen molar-refractivity contribution in [1.82, 2.24) is 4.98 Å². The molecule has 0 spiro atoms. The second-order valence-corrected chi connectivity index (χ2v) is 5.27. The van der Waals surface area contributed by atoms with Crippen LogP contribution in [-0.2, 0) is 0 Å². The molecule has 0 aliphatic rings. The Hall–Kier alpha value is -1.68. The summed E-state index contributed by atoms with van der Waals surface area (Å²) in [4.78, 5) is 5.01. The van der Waals surface area contributed by atoms with Crippen molar-refractivity contribution in [2.24, 2.45) is 11.7 Å². The third kappa shape index (κ3) is 3.20. The van der Waals surface area contributed by atoms with Crippen LogP contribution in [0.1, 0.15) is 25.8 Å². The van der Waals surface area contributed by atoms with Crippen LogP contribution in [0.4, 0.5) is 5.82 Å². The van der Waals surface area contributed by atoms with E-state index in [1.54, 1.807) is 0 Å². The van der Waals surface area contributed by atoms with Crippen molar-refractivity contribution in [2.45, 2.75) is 20.3 Å². The summed E-state index contributed by atoms with van der Waals surface area (Å²) in [5.74, 6) is 1.45. The Kier molecular flexibility index (Phi) is 4.32. The van der Waals surface area contributed by atoms with Crippen molar-refractivity contribution >= 4 is 33.9 Å². The average Bonchev–Trinajstić information content (AvgIpc) is 2.43. The van der Waals surface area contributed by atoms with Crippen LogP contribution in [-0.4, -0.2) is 16.5 Å². The summed E-state index contributed by atoms with van der Waals surface area (Å²) in [6.07, 6.45) is 1.14. The number of thiocarbonyl (C=S) groups is 1. The number of fused-ring (bicyclic) bond motifs is 1. The molecule has 4 heteroatoms. The summed E-state index contributed by atoms with van der Waals surface area (Å²) in [6.45, 7) is 5.29. The number of benzene rings is 1. The van der Waals surface area contributed by atoms with Crippen LogP contribution in [0.2, 0.25) is 0 Å².